The minimum atomic E-state index is -2.90. The molecule has 3 aromatic rings. The number of hydrogen-bond donors (Lipinski definition) is 1. The molecule has 2 aliphatic carbocycles. The predicted octanol–water partition coefficient (Wildman–Crippen LogP) is 3.92. The lowest BCUT2D eigenvalue weighted by Crippen LogP contribution is -2.38. The molecule has 0 aliphatic heterocycles. The van der Waals surface area contributed by atoms with Gasteiger partial charge in [0, 0.05) is 5.02 Å². The van der Waals surface area contributed by atoms with Crippen LogP contribution in [0.1, 0.15) is 49.2 Å². The van der Waals surface area contributed by atoms with Crippen LogP contribution in [-0.4, -0.2) is 31.4 Å². The van der Waals surface area contributed by atoms with Gasteiger partial charge in [-0.2, -0.15) is 15.3 Å². The number of hydrogen-bond acceptors (Lipinski definition) is 6. The van der Waals surface area contributed by atoms with E-state index >= 15 is 0 Å². The Labute approximate surface area is 190 Å². The quantitative estimate of drug-likeness (QED) is 0.553. The van der Waals surface area contributed by atoms with Gasteiger partial charge in [0.2, 0.25) is 5.91 Å². The zero-order valence-electron chi connectivity index (χ0n) is 17.0. The number of halogens is 4. The molecule has 0 unspecified atom stereocenters. The normalized spacial score (nSPS) is 17.6. The topological polar surface area (TPSA) is 110 Å². The van der Waals surface area contributed by atoms with Crippen molar-refractivity contribution in [1.82, 2.24) is 25.2 Å². The van der Waals surface area contributed by atoms with Gasteiger partial charge in [0.05, 0.1) is 11.5 Å². The molecule has 1 amide bonds. The summed E-state index contributed by atoms with van der Waals surface area (Å²) in [5.74, 6) is -0.864. The van der Waals surface area contributed by atoms with Crippen LogP contribution in [0.15, 0.2) is 28.8 Å². The molecular weight excluding hydrogens is 461 g/mol. The van der Waals surface area contributed by atoms with Gasteiger partial charge >= 0.3 is 0 Å². The fourth-order valence-corrected chi connectivity index (χ4v) is 4.16. The van der Waals surface area contributed by atoms with E-state index in [-0.39, 0.29) is 16.6 Å². The Morgan fingerprint density at radius 1 is 1.30 bits per heavy atom. The molecule has 5 rings (SSSR count). The number of alkyl halides is 2. The van der Waals surface area contributed by atoms with E-state index in [9.17, 15) is 18.0 Å². The van der Waals surface area contributed by atoms with Gasteiger partial charge in [0.1, 0.15) is 23.6 Å². The summed E-state index contributed by atoms with van der Waals surface area (Å²) in [4.78, 5) is 16.6. The monoisotopic (exact) mass is 476 g/mol. The van der Waals surface area contributed by atoms with Crippen LogP contribution >= 0.6 is 11.6 Å². The van der Waals surface area contributed by atoms with Gasteiger partial charge in [-0.3, -0.25) is 9.48 Å². The maximum absolute atomic E-state index is 13.6. The van der Waals surface area contributed by atoms with Crippen molar-refractivity contribution in [2.75, 3.05) is 0 Å². The fourth-order valence-electron chi connectivity index (χ4n) is 3.81. The smallest absolute Gasteiger partial charge is 0.280 e. The predicted molar refractivity (Wildman–Crippen MR) is 108 cm³/mol. The molecule has 0 spiro atoms. The Bertz CT molecular complexity index is 1290. The highest BCUT2D eigenvalue weighted by atomic mass is 35.5. The standard InChI is InChI=1S/C21H16ClF3N6O2/c22-13-7-11(23)1-2-12(13)21(5-6-21)19-27-18(33-30-19)14-8-15(17(24)25)31(29-14)9-16(32)28-20(10-26)3-4-20/h1-2,7-8,17H,3-6,9H2,(H,28,32). The van der Waals surface area contributed by atoms with Crippen LogP contribution in [0.25, 0.3) is 11.6 Å². The molecule has 0 bridgehead atoms. The number of carbonyl (C=O) groups is 1. The van der Waals surface area contributed by atoms with Crippen molar-refractivity contribution < 1.29 is 22.5 Å². The lowest BCUT2D eigenvalue weighted by atomic mass is 9.95. The van der Waals surface area contributed by atoms with Crippen LogP contribution in [0.3, 0.4) is 0 Å². The van der Waals surface area contributed by atoms with E-state index in [1.165, 1.54) is 12.1 Å². The van der Waals surface area contributed by atoms with Crippen molar-refractivity contribution in [3.63, 3.8) is 0 Å². The van der Waals surface area contributed by atoms with E-state index in [2.05, 4.69) is 20.6 Å². The minimum Gasteiger partial charge on any atom is -0.336 e. The van der Waals surface area contributed by atoms with Crippen LogP contribution in [0.2, 0.25) is 5.02 Å². The molecule has 2 aromatic heterocycles. The molecule has 2 aliphatic rings. The van der Waals surface area contributed by atoms with Crippen LogP contribution in [0, 0.1) is 17.1 Å². The molecule has 0 saturated heterocycles. The molecule has 12 heteroatoms. The number of nitriles is 1. The molecule has 170 valence electrons. The first kappa shape index (κ1) is 21.5. The Balaban J connectivity index is 1.41. The van der Waals surface area contributed by atoms with E-state index < -0.39 is 41.3 Å². The van der Waals surface area contributed by atoms with E-state index in [1.54, 1.807) is 6.07 Å². The maximum Gasteiger partial charge on any atom is 0.280 e. The van der Waals surface area contributed by atoms with Crippen molar-refractivity contribution in [2.24, 2.45) is 0 Å². The van der Waals surface area contributed by atoms with Crippen LogP contribution in [0.5, 0.6) is 0 Å². The van der Waals surface area contributed by atoms with E-state index in [1.807, 2.05) is 6.07 Å². The minimum absolute atomic E-state index is 0.0146. The zero-order valence-corrected chi connectivity index (χ0v) is 17.7. The summed E-state index contributed by atoms with van der Waals surface area (Å²) >= 11 is 6.21. The largest absolute Gasteiger partial charge is 0.336 e. The number of nitrogens with one attached hydrogen (secondary N) is 1. The van der Waals surface area contributed by atoms with Crippen molar-refractivity contribution >= 4 is 17.5 Å². The third-order valence-electron chi connectivity index (χ3n) is 5.94. The van der Waals surface area contributed by atoms with Gasteiger partial charge in [0.25, 0.3) is 12.3 Å². The van der Waals surface area contributed by atoms with Crippen LogP contribution in [-0.2, 0) is 16.8 Å². The first-order valence-corrected chi connectivity index (χ1v) is 10.5. The molecule has 8 nitrogen and oxygen atoms in total. The second kappa shape index (κ2) is 7.59. The second-order valence-electron chi connectivity index (χ2n) is 8.28. The molecule has 0 atom stereocenters. The Morgan fingerprint density at radius 2 is 2.06 bits per heavy atom. The highest BCUT2D eigenvalue weighted by molar-refractivity contribution is 6.31. The zero-order chi connectivity index (χ0) is 23.4. The van der Waals surface area contributed by atoms with Crippen molar-refractivity contribution in [3.8, 4) is 17.7 Å². The molecule has 33 heavy (non-hydrogen) atoms. The molecule has 0 radical (unpaired) electrons. The van der Waals surface area contributed by atoms with Crippen molar-refractivity contribution in [3.05, 3.63) is 52.2 Å². The third-order valence-corrected chi connectivity index (χ3v) is 6.25. The Hall–Kier alpha value is -3.39. The lowest BCUT2D eigenvalue weighted by Gasteiger charge is -2.12. The Morgan fingerprint density at radius 3 is 2.67 bits per heavy atom. The summed E-state index contributed by atoms with van der Waals surface area (Å²) in [5, 5.41) is 19.9. The summed E-state index contributed by atoms with van der Waals surface area (Å²) in [7, 11) is 0. The van der Waals surface area contributed by atoms with Crippen molar-refractivity contribution in [1.29, 1.82) is 5.26 Å². The van der Waals surface area contributed by atoms with E-state index in [4.69, 9.17) is 21.4 Å². The van der Waals surface area contributed by atoms with E-state index in [0.29, 0.717) is 37.1 Å². The summed E-state index contributed by atoms with van der Waals surface area (Å²) in [6, 6.07) is 7.15. The molecule has 2 fully saturated rings. The fraction of sp³-hybridized carbons (Fsp3) is 0.381. The Kier molecular flexibility index (Phi) is 4.93. The number of carbonyl (C=O) groups excluding carboxylic acids is 1. The summed E-state index contributed by atoms with van der Waals surface area (Å²) in [5.41, 5.74) is -1.42. The molecule has 1 N–H and O–H groups in total. The van der Waals surface area contributed by atoms with Crippen LogP contribution < -0.4 is 5.32 Å². The van der Waals surface area contributed by atoms with Crippen molar-refractivity contribution in [2.45, 2.75) is 49.6 Å². The van der Waals surface area contributed by atoms with Gasteiger partial charge in [-0.25, -0.2) is 13.2 Å². The van der Waals surface area contributed by atoms with Gasteiger partial charge in [0.15, 0.2) is 11.5 Å². The average molecular weight is 477 g/mol. The molecule has 2 saturated carbocycles. The number of rotatable bonds is 7. The number of nitrogens with zero attached hydrogens (tertiary/aromatic N) is 5. The number of aromatic nitrogens is 4. The van der Waals surface area contributed by atoms with Gasteiger partial charge < -0.3 is 9.84 Å². The van der Waals surface area contributed by atoms with E-state index in [0.717, 1.165) is 10.7 Å². The summed E-state index contributed by atoms with van der Waals surface area (Å²) in [6.45, 7) is -0.487. The second-order valence-corrected chi connectivity index (χ2v) is 8.69. The maximum atomic E-state index is 13.6. The number of amides is 1. The highest BCUT2D eigenvalue weighted by Gasteiger charge is 2.51. The van der Waals surface area contributed by atoms with Gasteiger partial charge in [-0.05, 0) is 49.4 Å². The number of benzene rings is 1. The van der Waals surface area contributed by atoms with Gasteiger partial charge in [-0.15, -0.1) is 0 Å². The first-order chi connectivity index (χ1) is 15.7. The molecular formula is C21H16ClF3N6O2. The summed E-state index contributed by atoms with van der Waals surface area (Å²) in [6.07, 6.45) is -0.540. The lowest BCUT2D eigenvalue weighted by molar-refractivity contribution is -0.122. The molecule has 2 heterocycles. The third kappa shape index (κ3) is 3.84. The summed E-state index contributed by atoms with van der Waals surface area (Å²) < 4.78 is 46.7. The SMILES string of the molecule is N#CC1(NC(=O)Cn2nc(-c3nc(C4(c5ccc(F)cc5Cl)CC4)no3)cc2C(F)F)CC1. The first-order valence-electron chi connectivity index (χ1n) is 10.1. The highest BCUT2D eigenvalue weighted by Crippen LogP contribution is 2.54. The average Bonchev–Trinajstić information content (AvgIpc) is 3.62. The molecule has 1 aromatic carbocycles. The van der Waals surface area contributed by atoms with Gasteiger partial charge in [-0.1, -0.05) is 22.8 Å². The van der Waals surface area contributed by atoms with Crippen LogP contribution in [0.4, 0.5) is 13.2 Å².